The molecule has 0 aliphatic carbocycles. The standard InChI is InChI=1S/C44H54FN7O8/c1-10-11-27(2)59-42-48-41(51(25-29-12-14-31(55-6)22-36(29)57-8)26-30-13-15-32(56-7)23-37(30)58-9)40-46-24-35(52(40)49-42)38(53)33-16-17-34(47-39(33)45)28-18-20-50(21-19-28)43(54)60-44(3,4)5/h12-18,22-24,27,38,53H,10-11,19-21,25-26H2,1-9H3/t27-,38?/m0/s1. The Hall–Kier alpha value is -6.16. The summed E-state index contributed by atoms with van der Waals surface area (Å²) in [5.74, 6) is 1.96. The van der Waals surface area contributed by atoms with E-state index in [0.29, 0.717) is 54.0 Å². The van der Waals surface area contributed by atoms with E-state index in [9.17, 15) is 9.90 Å². The molecule has 0 saturated heterocycles. The molecule has 0 spiro atoms. The van der Waals surface area contributed by atoms with E-state index < -0.39 is 23.7 Å². The molecular weight excluding hydrogens is 774 g/mol. The first-order chi connectivity index (χ1) is 28.7. The summed E-state index contributed by atoms with van der Waals surface area (Å²) in [6, 6.07) is 14.3. The maximum absolute atomic E-state index is 16.0. The Balaban J connectivity index is 1.40. The average Bonchev–Trinajstić information content (AvgIpc) is 3.66. The van der Waals surface area contributed by atoms with Crippen molar-refractivity contribution in [1.82, 2.24) is 29.5 Å². The van der Waals surface area contributed by atoms with Crippen LogP contribution >= 0.6 is 0 Å². The van der Waals surface area contributed by atoms with Gasteiger partial charge in [-0.25, -0.2) is 19.3 Å². The molecule has 320 valence electrons. The van der Waals surface area contributed by atoms with Gasteiger partial charge < -0.3 is 43.3 Å². The number of hydrogen-bond donors (Lipinski definition) is 1. The Morgan fingerprint density at radius 3 is 2.12 bits per heavy atom. The van der Waals surface area contributed by atoms with Gasteiger partial charge in [0.05, 0.1) is 52.1 Å². The SMILES string of the molecule is CCC[C@H](C)Oc1nc(N(Cc2ccc(OC)cc2OC)Cc2ccc(OC)cc2OC)c2ncc(C(O)c3ccc(C4=CCN(C(=O)OC(C)(C)C)CC4)nc3F)n2n1. The van der Waals surface area contributed by atoms with Gasteiger partial charge in [0.25, 0.3) is 0 Å². The van der Waals surface area contributed by atoms with Gasteiger partial charge in [-0.05, 0) is 82.5 Å². The number of anilines is 1. The molecule has 1 aliphatic rings. The second-order valence-electron chi connectivity index (χ2n) is 15.5. The van der Waals surface area contributed by atoms with E-state index in [-0.39, 0.29) is 42.1 Å². The number of pyridine rings is 1. The summed E-state index contributed by atoms with van der Waals surface area (Å²) < 4.78 is 51.7. The van der Waals surface area contributed by atoms with Crippen LogP contribution < -0.4 is 28.6 Å². The first-order valence-electron chi connectivity index (χ1n) is 19.9. The number of aliphatic hydroxyl groups excluding tert-OH is 1. The van der Waals surface area contributed by atoms with Gasteiger partial charge >= 0.3 is 12.1 Å². The van der Waals surface area contributed by atoms with Gasteiger partial charge in [0, 0.05) is 55.0 Å². The Morgan fingerprint density at radius 1 is 0.933 bits per heavy atom. The van der Waals surface area contributed by atoms with Crippen molar-refractivity contribution in [1.29, 1.82) is 0 Å². The van der Waals surface area contributed by atoms with Crippen molar-refractivity contribution in [3.8, 4) is 29.0 Å². The minimum Gasteiger partial charge on any atom is -0.497 e. The molecule has 3 aromatic heterocycles. The Labute approximate surface area is 349 Å². The van der Waals surface area contributed by atoms with Crippen LogP contribution in [0.2, 0.25) is 0 Å². The molecule has 2 atom stereocenters. The topological polar surface area (TPSA) is 155 Å². The normalized spacial score (nSPS) is 14.0. The number of methoxy groups -OCH3 is 4. The molecule has 6 rings (SSSR count). The number of amides is 1. The number of ether oxygens (including phenoxy) is 6. The quantitative estimate of drug-likeness (QED) is 0.0974. The van der Waals surface area contributed by atoms with Gasteiger partial charge in [0.2, 0.25) is 5.95 Å². The van der Waals surface area contributed by atoms with Crippen LogP contribution in [-0.4, -0.2) is 93.9 Å². The zero-order chi connectivity index (χ0) is 43.1. The summed E-state index contributed by atoms with van der Waals surface area (Å²) in [6.45, 7) is 10.7. The fraction of sp³-hybridized carbons (Fsp3) is 0.432. The van der Waals surface area contributed by atoms with Crippen molar-refractivity contribution in [2.75, 3.05) is 46.4 Å². The van der Waals surface area contributed by atoms with Crippen LogP contribution in [0.4, 0.5) is 15.0 Å². The van der Waals surface area contributed by atoms with Crippen LogP contribution in [-0.2, 0) is 17.8 Å². The summed E-state index contributed by atoms with van der Waals surface area (Å²) in [6.07, 6.45) is 3.18. The smallest absolute Gasteiger partial charge is 0.410 e. The molecule has 4 heterocycles. The first-order valence-corrected chi connectivity index (χ1v) is 19.9. The summed E-state index contributed by atoms with van der Waals surface area (Å²) in [5.41, 5.74) is 2.59. The first kappa shape index (κ1) is 43.4. The number of fused-ring (bicyclic) bond motifs is 1. The third kappa shape index (κ3) is 9.99. The molecule has 1 amide bonds. The second-order valence-corrected chi connectivity index (χ2v) is 15.5. The summed E-state index contributed by atoms with van der Waals surface area (Å²) in [7, 11) is 6.36. The van der Waals surface area contributed by atoms with Gasteiger partial charge in [-0.2, -0.15) is 9.37 Å². The lowest BCUT2D eigenvalue weighted by atomic mass is 10.0. The molecule has 15 nitrogen and oxygen atoms in total. The highest BCUT2D eigenvalue weighted by Gasteiger charge is 2.29. The molecule has 1 aliphatic heterocycles. The van der Waals surface area contributed by atoms with Crippen molar-refractivity contribution < 1.29 is 42.7 Å². The fourth-order valence-corrected chi connectivity index (χ4v) is 6.92. The number of nitrogens with zero attached hydrogens (tertiary/aromatic N) is 7. The Morgan fingerprint density at radius 2 is 1.58 bits per heavy atom. The Kier molecular flexibility index (Phi) is 13.6. The number of aliphatic hydroxyl groups is 1. The highest BCUT2D eigenvalue weighted by molar-refractivity contribution is 5.72. The van der Waals surface area contributed by atoms with Crippen LogP contribution in [0, 0.1) is 5.95 Å². The minimum atomic E-state index is -1.52. The van der Waals surface area contributed by atoms with Crippen LogP contribution in [0.15, 0.2) is 60.8 Å². The van der Waals surface area contributed by atoms with Crippen LogP contribution in [0.25, 0.3) is 11.2 Å². The lowest BCUT2D eigenvalue weighted by molar-refractivity contribution is 0.0270. The number of aromatic nitrogens is 5. The lowest BCUT2D eigenvalue weighted by Crippen LogP contribution is -2.39. The summed E-state index contributed by atoms with van der Waals surface area (Å²) in [4.78, 5) is 30.0. The predicted molar refractivity (Wildman–Crippen MR) is 223 cm³/mol. The molecule has 0 saturated carbocycles. The molecular formula is C44H54FN7O8. The number of halogens is 1. The highest BCUT2D eigenvalue weighted by atomic mass is 19.1. The number of carbonyl (C=O) groups excluding carboxylic acids is 1. The molecule has 0 fully saturated rings. The van der Waals surface area contributed by atoms with E-state index in [0.717, 1.165) is 29.5 Å². The maximum Gasteiger partial charge on any atom is 0.410 e. The number of rotatable bonds is 16. The molecule has 0 radical (unpaired) electrons. The van der Waals surface area contributed by atoms with Gasteiger partial charge in [0.1, 0.15) is 34.7 Å². The number of carbonyl (C=O) groups is 1. The predicted octanol–water partition coefficient (Wildman–Crippen LogP) is 7.57. The molecule has 16 heteroatoms. The van der Waals surface area contributed by atoms with E-state index in [1.54, 1.807) is 51.5 Å². The molecule has 1 unspecified atom stereocenters. The zero-order valence-corrected chi connectivity index (χ0v) is 35.7. The molecule has 5 aromatic rings. The largest absolute Gasteiger partial charge is 0.497 e. The molecule has 1 N–H and O–H groups in total. The van der Waals surface area contributed by atoms with Crippen LogP contribution in [0.1, 0.15) is 88.1 Å². The zero-order valence-electron chi connectivity index (χ0n) is 35.7. The molecule has 60 heavy (non-hydrogen) atoms. The minimum absolute atomic E-state index is 0.0388. The van der Waals surface area contributed by atoms with Crippen molar-refractivity contribution in [2.45, 2.75) is 84.8 Å². The van der Waals surface area contributed by atoms with E-state index >= 15 is 4.39 Å². The highest BCUT2D eigenvalue weighted by Crippen LogP contribution is 2.35. The summed E-state index contributed by atoms with van der Waals surface area (Å²) in [5, 5.41) is 16.6. The van der Waals surface area contributed by atoms with Crippen molar-refractivity contribution in [3.05, 3.63) is 94.8 Å². The van der Waals surface area contributed by atoms with Gasteiger partial charge in [0.15, 0.2) is 11.5 Å². The summed E-state index contributed by atoms with van der Waals surface area (Å²) >= 11 is 0. The number of hydrogen-bond acceptors (Lipinski definition) is 13. The van der Waals surface area contributed by atoms with Crippen LogP contribution in [0.5, 0.6) is 29.0 Å². The van der Waals surface area contributed by atoms with Gasteiger partial charge in [-0.15, -0.1) is 5.10 Å². The van der Waals surface area contributed by atoms with E-state index in [1.165, 1.54) is 16.8 Å². The molecule has 0 bridgehead atoms. The lowest BCUT2D eigenvalue weighted by Gasteiger charge is -2.29. The third-order valence-corrected chi connectivity index (χ3v) is 10.0. The number of imidazole rings is 1. The Bertz CT molecular complexity index is 2270. The van der Waals surface area contributed by atoms with E-state index in [2.05, 4.69) is 11.9 Å². The van der Waals surface area contributed by atoms with E-state index in [1.807, 2.05) is 62.9 Å². The molecule has 2 aromatic carbocycles. The van der Waals surface area contributed by atoms with Crippen LogP contribution in [0.3, 0.4) is 0 Å². The van der Waals surface area contributed by atoms with Crippen molar-refractivity contribution in [3.63, 3.8) is 0 Å². The average molecular weight is 828 g/mol. The van der Waals surface area contributed by atoms with Gasteiger partial charge in [-0.3, -0.25) is 0 Å². The van der Waals surface area contributed by atoms with Crippen molar-refractivity contribution in [2.24, 2.45) is 0 Å². The monoisotopic (exact) mass is 827 g/mol. The van der Waals surface area contributed by atoms with Crippen molar-refractivity contribution >= 4 is 23.1 Å². The fourth-order valence-electron chi connectivity index (χ4n) is 6.92. The van der Waals surface area contributed by atoms with Gasteiger partial charge in [-0.1, -0.05) is 19.4 Å². The van der Waals surface area contributed by atoms with E-state index in [4.69, 9.17) is 43.5 Å². The third-order valence-electron chi connectivity index (χ3n) is 10.0. The maximum atomic E-state index is 16.0. The second kappa shape index (κ2) is 18.8. The number of benzene rings is 2.